The molecule has 2 aromatic carbocycles. The fraction of sp³-hybridized carbons (Fsp3) is 0.316. The van der Waals surface area contributed by atoms with Crippen molar-refractivity contribution in [3.05, 3.63) is 48.5 Å². The van der Waals surface area contributed by atoms with Gasteiger partial charge in [-0.05, 0) is 37.1 Å². The Kier molecular flexibility index (Phi) is 5.43. The van der Waals surface area contributed by atoms with Crippen molar-refractivity contribution < 1.29 is 0 Å². The van der Waals surface area contributed by atoms with E-state index in [1.165, 1.54) is 10.5 Å². The van der Waals surface area contributed by atoms with Crippen LogP contribution in [0.2, 0.25) is 0 Å². The van der Waals surface area contributed by atoms with Crippen molar-refractivity contribution in [3.8, 4) is 11.1 Å². The molecule has 1 heterocycles. The second kappa shape index (κ2) is 7.73. The molecule has 0 radical (unpaired) electrons. The third kappa shape index (κ3) is 3.91. The van der Waals surface area contributed by atoms with E-state index in [1.54, 1.807) is 11.8 Å². The predicted octanol–water partition coefficient (Wildman–Crippen LogP) is 3.27. The fourth-order valence-corrected chi connectivity index (χ4v) is 3.26. The molecule has 1 aliphatic rings. The maximum atomic E-state index is 6.30. The van der Waals surface area contributed by atoms with Crippen LogP contribution in [0.4, 0.5) is 5.69 Å². The highest BCUT2D eigenvalue weighted by Gasteiger charge is 2.16. The second-order valence-corrected chi connectivity index (χ2v) is 6.89. The summed E-state index contributed by atoms with van der Waals surface area (Å²) >= 11 is 1.74. The highest BCUT2D eigenvalue weighted by molar-refractivity contribution is 7.98. The summed E-state index contributed by atoms with van der Waals surface area (Å²) in [6.45, 7) is 3.89. The molecule has 126 valence electrons. The van der Waals surface area contributed by atoms with Crippen molar-refractivity contribution in [2.24, 2.45) is 10.7 Å². The predicted molar refractivity (Wildman–Crippen MR) is 104 cm³/mol. The number of benzene rings is 2. The van der Waals surface area contributed by atoms with Gasteiger partial charge in [0.15, 0.2) is 5.96 Å². The summed E-state index contributed by atoms with van der Waals surface area (Å²) in [5.41, 5.74) is 9.51. The Morgan fingerprint density at radius 3 is 2.42 bits per heavy atom. The highest BCUT2D eigenvalue weighted by atomic mass is 32.2. The molecule has 0 saturated carbocycles. The Morgan fingerprint density at radius 1 is 1.04 bits per heavy atom. The molecule has 1 saturated heterocycles. The van der Waals surface area contributed by atoms with E-state index < -0.39 is 0 Å². The van der Waals surface area contributed by atoms with Gasteiger partial charge in [0.05, 0.1) is 5.69 Å². The lowest BCUT2D eigenvalue weighted by molar-refractivity contribution is 0.214. The molecule has 1 fully saturated rings. The molecule has 2 aromatic rings. The molecule has 0 aromatic heterocycles. The SMILES string of the molecule is CSc1ccc(N=C(N)N2CCN(C)CC2)c(-c2ccccc2)c1. The van der Waals surface area contributed by atoms with Crippen LogP contribution in [0.25, 0.3) is 11.1 Å². The van der Waals surface area contributed by atoms with Crippen LogP contribution < -0.4 is 5.73 Å². The van der Waals surface area contributed by atoms with Gasteiger partial charge in [-0.3, -0.25) is 0 Å². The van der Waals surface area contributed by atoms with Crippen LogP contribution >= 0.6 is 11.8 Å². The lowest BCUT2D eigenvalue weighted by atomic mass is 10.0. The topological polar surface area (TPSA) is 44.9 Å². The molecule has 2 N–H and O–H groups in total. The zero-order chi connectivity index (χ0) is 16.9. The minimum atomic E-state index is 0.609. The first-order chi connectivity index (χ1) is 11.7. The third-order valence-electron chi connectivity index (χ3n) is 4.35. The molecule has 24 heavy (non-hydrogen) atoms. The van der Waals surface area contributed by atoms with Crippen molar-refractivity contribution >= 4 is 23.4 Å². The molecule has 0 atom stereocenters. The number of hydrogen-bond donors (Lipinski definition) is 1. The second-order valence-electron chi connectivity index (χ2n) is 6.01. The van der Waals surface area contributed by atoms with Gasteiger partial charge in [-0.2, -0.15) is 0 Å². The Morgan fingerprint density at radius 2 is 1.75 bits per heavy atom. The van der Waals surface area contributed by atoms with Gasteiger partial charge < -0.3 is 15.5 Å². The molecule has 0 amide bonds. The summed E-state index contributed by atoms with van der Waals surface area (Å²) in [5, 5.41) is 0. The summed E-state index contributed by atoms with van der Waals surface area (Å²) in [5.74, 6) is 0.609. The van der Waals surface area contributed by atoms with Gasteiger partial charge in [0, 0.05) is 36.6 Å². The highest BCUT2D eigenvalue weighted by Crippen LogP contribution is 2.33. The van der Waals surface area contributed by atoms with Crippen LogP contribution in [0, 0.1) is 0 Å². The Balaban J connectivity index is 1.94. The average molecular weight is 340 g/mol. The number of aliphatic imine (C=N–C) groups is 1. The van der Waals surface area contributed by atoms with E-state index in [0.717, 1.165) is 37.4 Å². The number of rotatable bonds is 3. The first kappa shape index (κ1) is 16.9. The fourth-order valence-electron chi connectivity index (χ4n) is 2.82. The molecule has 0 unspecified atom stereocenters. The van der Waals surface area contributed by atoms with Crippen molar-refractivity contribution in [2.75, 3.05) is 39.5 Å². The zero-order valence-electron chi connectivity index (χ0n) is 14.3. The Hall–Kier alpha value is -1.98. The molecule has 5 heteroatoms. The van der Waals surface area contributed by atoms with Crippen molar-refractivity contribution in [3.63, 3.8) is 0 Å². The summed E-state index contributed by atoms with van der Waals surface area (Å²) in [4.78, 5) is 10.5. The molecule has 0 aliphatic carbocycles. The number of nitrogens with zero attached hydrogens (tertiary/aromatic N) is 3. The van der Waals surface area contributed by atoms with Gasteiger partial charge in [-0.1, -0.05) is 30.3 Å². The molecular formula is C19H24N4S. The van der Waals surface area contributed by atoms with Crippen LogP contribution in [0.1, 0.15) is 0 Å². The number of nitrogens with two attached hydrogens (primary N) is 1. The van der Waals surface area contributed by atoms with E-state index in [9.17, 15) is 0 Å². The van der Waals surface area contributed by atoms with Gasteiger partial charge in [0.25, 0.3) is 0 Å². The lowest BCUT2D eigenvalue weighted by Crippen LogP contribution is -2.49. The van der Waals surface area contributed by atoms with Crippen LogP contribution in [-0.2, 0) is 0 Å². The van der Waals surface area contributed by atoms with Crippen molar-refractivity contribution in [1.29, 1.82) is 0 Å². The monoisotopic (exact) mass is 340 g/mol. The summed E-state index contributed by atoms with van der Waals surface area (Å²) < 4.78 is 0. The van der Waals surface area contributed by atoms with E-state index in [0.29, 0.717) is 5.96 Å². The van der Waals surface area contributed by atoms with Crippen molar-refractivity contribution in [2.45, 2.75) is 4.90 Å². The lowest BCUT2D eigenvalue weighted by Gasteiger charge is -2.33. The molecule has 3 rings (SSSR count). The molecule has 1 aliphatic heterocycles. The third-order valence-corrected chi connectivity index (χ3v) is 5.08. The number of likely N-dealkylation sites (N-methyl/N-ethyl adjacent to an activating group) is 1. The number of hydrogen-bond acceptors (Lipinski definition) is 3. The van der Waals surface area contributed by atoms with E-state index in [4.69, 9.17) is 10.7 Å². The van der Waals surface area contributed by atoms with Crippen LogP contribution in [0.15, 0.2) is 58.4 Å². The van der Waals surface area contributed by atoms with Gasteiger partial charge in [-0.25, -0.2) is 4.99 Å². The molecule has 0 bridgehead atoms. The maximum Gasteiger partial charge on any atom is 0.196 e. The number of guanidine groups is 1. The van der Waals surface area contributed by atoms with Gasteiger partial charge in [-0.15, -0.1) is 11.8 Å². The standard InChI is InChI=1S/C19H24N4S/c1-22-10-12-23(13-11-22)19(20)21-18-9-8-16(24-2)14-17(18)15-6-4-3-5-7-15/h3-9,14H,10-13H2,1-2H3,(H2,20,21). The van der Waals surface area contributed by atoms with E-state index in [-0.39, 0.29) is 0 Å². The minimum Gasteiger partial charge on any atom is -0.369 e. The maximum absolute atomic E-state index is 6.30. The van der Waals surface area contributed by atoms with Crippen LogP contribution in [-0.4, -0.2) is 55.2 Å². The quantitative estimate of drug-likeness (QED) is 0.529. The van der Waals surface area contributed by atoms with E-state index in [1.807, 2.05) is 6.07 Å². The first-order valence-electron chi connectivity index (χ1n) is 8.18. The van der Waals surface area contributed by atoms with Crippen LogP contribution in [0.5, 0.6) is 0 Å². The summed E-state index contributed by atoms with van der Waals surface area (Å²) in [6, 6.07) is 16.7. The summed E-state index contributed by atoms with van der Waals surface area (Å²) in [6.07, 6.45) is 2.09. The van der Waals surface area contributed by atoms with Gasteiger partial charge in [0.1, 0.15) is 0 Å². The largest absolute Gasteiger partial charge is 0.369 e. The molecular weight excluding hydrogens is 316 g/mol. The average Bonchev–Trinajstić information content (AvgIpc) is 2.63. The van der Waals surface area contributed by atoms with Gasteiger partial charge >= 0.3 is 0 Å². The van der Waals surface area contributed by atoms with Crippen molar-refractivity contribution in [1.82, 2.24) is 9.80 Å². The van der Waals surface area contributed by atoms with Gasteiger partial charge in [0.2, 0.25) is 0 Å². The zero-order valence-corrected chi connectivity index (χ0v) is 15.1. The van der Waals surface area contributed by atoms with Crippen LogP contribution in [0.3, 0.4) is 0 Å². The Bertz CT molecular complexity index is 707. The normalized spacial score (nSPS) is 16.4. The molecule has 4 nitrogen and oxygen atoms in total. The number of piperazine rings is 1. The molecule has 0 spiro atoms. The Labute approximate surface area is 148 Å². The smallest absolute Gasteiger partial charge is 0.196 e. The number of thioether (sulfide) groups is 1. The van der Waals surface area contributed by atoms with E-state index in [2.05, 4.69) is 65.6 Å². The summed E-state index contributed by atoms with van der Waals surface area (Å²) in [7, 11) is 2.14. The minimum absolute atomic E-state index is 0.609. The van der Waals surface area contributed by atoms with E-state index >= 15 is 0 Å². The first-order valence-corrected chi connectivity index (χ1v) is 9.41.